The number of halogens is 2. The van der Waals surface area contributed by atoms with E-state index in [0.29, 0.717) is 17.0 Å². The van der Waals surface area contributed by atoms with Crippen LogP contribution < -0.4 is 9.46 Å². The number of hydrogen-bond acceptors (Lipinski definition) is 4. The molecule has 3 rings (SSSR count). The van der Waals surface area contributed by atoms with E-state index in [4.69, 9.17) is 4.74 Å². The molecule has 0 saturated carbocycles. The van der Waals surface area contributed by atoms with Crippen LogP contribution in [0, 0.1) is 11.6 Å². The third-order valence-electron chi connectivity index (χ3n) is 4.89. The standard InChI is InChI=1S/C24H26F2N2O2S/c1-3-4-12-31(29)28-23(15-17-13-19(25)16-20(26)14-17)24-22(6-5-11-27-24)18-7-9-21(30-2)10-8-18/h5-11,13-14,16,23,28H,3-4,12,15H2,1-2H3/t23-,31?/m0/s1. The summed E-state index contributed by atoms with van der Waals surface area (Å²) >= 11 is -1.30. The number of hydrogen-bond donors (Lipinski definition) is 1. The average molecular weight is 445 g/mol. The Hall–Kier alpha value is -2.48. The molecule has 7 heteroatoms. The minimum absolute atomic E-state index is 0.243. The van der Waals surface area contributed by atoms with Crippen molar-refractivity contribution >= 4 is 11.4 Å². The highest BCUT2D eigenvalue weighted by Gasteiger charge is 2.24. The fourth-order valence-corrected chi connectivity index (χ4v) is 4.54. The number of ether oxygens (including phenoxy) is 1. The van der Waals surface area contributed by atoms with Crippen molar-refractivity contribution in [3.63, 3.8) is 0 Å². The average Bonchev–Trinajstić information content (AvgIpc) is 2.76. The van der Waals surface area contributed by atoms with Gasteiger partial charge in [0.05, 0.1) is 18.8 Å². The molecule has 3 aromatic rings. The van der Waals surface area contributed by atoms with Crippen molar-refractivity contribution in [2.24, 2.45) is 0 Å². The first-order valence-electron chi connectivity index (χ1n) is 10.2. The second kappa shape index (κ2) is 11.2. The summed E-state index contributed by atoms with van der Waals surface area (Å²) in [5.41, 5.74) is 2.91. The Bertz CT molecular complexity index is 965. The molecular formula is C24H26F2N2O2S. The number of rotatable bonds is 10. The molecular weight excluding hydrogens is 418 g/mol. The predicted octanol–water partition coefficient (Wildman–Crippen LogP) is 5.37. The Morgan fingerprint density at radius 2 is 1.81 bits per heavy atom. The molecule has 1 heterocycles. The molecule has 1 unspecified atom stereocenters. The molecule has 2 atom stereocenters. The van der Waals surface area contributed by atoms with E-state index in [1.165, 1.54) is 12.1 Å². The molecule has 0 spiro atoms. The lowest BCUT2D eigenvalue weighted by Gasteiger charge is -2.22. The van der Waals surface area contributed by atoms with Gasteiger partial charge in [-0.1, -0.05) is 31.5 Å². The SMILES string of the molecule is CCCC[S+]([O-])N[C@@H](Cc1cc(F)cc(F)c1)c1ncccc1-c1ccc(OC)cc1. The van der Waals surface area contributed by atoms with Gasteiger partial charge in [0.15, 0.2) is 0 Å². The molecule has 0 fully saturated rings. The van der Waals surface area contributed by atoms with Gasteiger partial charge in [-0.2, -0.15) is 0 Å². The monoisotopic (exact) mass is 444 g/mol. The number of pyridine rings is 1. The number of benzene rings is 2. The zero-order chi connectivity index (χ0) is 22.2. The lowest BCUT2D eigenvalue weighted by Crippen LogP contribution is -2.33. The van der Waals surface area contributed by atoms with Crippen LogP contribution in [0.25, 0.3) is 11.1 Å². The molecule has 31 heavy (non-hydrogen) atoms. The first-order chi connectivity index (χ1) is 15.0. The van der Waals surface area contributed by atoms with Crippen molar-refractivity contribution in [3.05, 3.63) is 83.7 Å². The highest BCUT2D eigenvalue weighted by atomic mass is 32.2. The van der Waals surface area contributed by atoms with Crippen LogP contribution in [0.5, 0.6) is 5.75 Å². The van der Waals surface area contributed by atoms with E-state index in [1.54, 1.807) is 13.3 Å². The molecule has 0 aliphatic rings. The molecule has 0 aliphatic heterocycles. The van der Waals surface area contributed by atoms with Gasteiger partial charge in [0.2, 0.25) is 0 Å². The maximum atomic E-state index is 13.8. The van der Waals surface area contributed by atoms with Gasteiger partial charge in [0.25, 0.3) is 0 Å². The number of nitrogens with one attached hydrogen (secondary N) is 1. The lowest BCUT2D eigenvalue weighted by atomic mass is 9.96. The summed E-state index contributed by atoms with van der Waals surface area (Å²) < 4.78 is 48.6. The normalized spacial score (nSPS) is 13.1. The third kappa shape index (κ3) is 6.50. The van der Waals surface area contributed by atoms with E-state index in [2.05, 4.69) is 9.71 Å². The van der Waals surface area contributed by atoms with Crippen molar-refractivity contribution in [2.45, 2.75) is 32.2 Å². The molecule has 4 nitrogen and oxygen atoms in total. The third-order valence-corrected chi connectivity index (χ3v) is 6.10. The quantitative estimate of drug-likeness (QED) is 0.427. The first kappa shape index (κ1) is 23.2. The molecule has 1 N–H and O–H groups in total. The van der Waals surface area contributed by atoms with Gasteiger partial charge in [-0.05, 0) is 54.3 Å². The number of nitrogens with zero attached hydrogens (tertiary/aromatic N) is 1. The van der Waals surface area contributed by atoms with Crippen LogP contribution in [-0.2, 0) is 17.8 Å². The van der Waals surface area contributed by atoms with Crippen molar-refractivity contribution < 1.29 is 18.1 Å². The molecule has 0 aliphatic carbocycles. The summed E-state index contributed by atoms with van der Waals surface area (Å²) in [6, 6.07) is 14.3. The van der Waals surface area contributed by atoms with E-state index in [9.17, 15) is 13.3 Å². The van der Waals surface area contributed by atoms with Crippen molar-refractivity contribution in [1.82, 2.24) is 9.71 Å². The topological polar surface area (TPSA) is 57.2 Å². The van der Waals surface area contributed by atoms with Crippen LogP contribution in [-0.4, -0.2) is 22.4 Å². The van der Waals surface area contributed by atoms with E-state index in [1.807, 2.05) is 43.3 Å². The highest BCUT2D eigenvalue weighted by molar-refractivity contribution is 7.89. The lowest BCUT2D eigenvalue weighted by molar-refractivity contribution is 0.415. The summed E-state index contributed by atoms with van der Waals surface area (Å²) in [6.07, 6.45) is 3.65. The van der Waals surface area contributed by atoms with Gasteiger partial charge < -0.3 is 9.29 Å². The van der Waals surface area contributed by atoms with Crippen molar-refractivity contribution in [2.75, 3.05) is 12.9 Å². The van der Waals surface area contributed by atoms with Gasteiger partial charge in [0, 0.05) is 29.2 Å². The highest BCUT2D eigenvalue weighted by Crippen LogP contribution is 2.30. The number of aromatic nitrogens is 1. The van der Waals surface area contributed by atoms with Gasteiger partial charge >= 0.3 is 0 Å². The molecule has 0 saturated heterocycles. The Morgan fingerprint density at radius 3 is 2.45 bits per heavy atom. The molecule has 0 radical (unpaired) electrons. The molecule has 2 aromatic carbocycles. The van der Waals surface area contributed by atoms with Crippen LogP contribution in [0.4, 0.5) is 8.78 Å². The second-order valence-corrected chi connectivity index (χ2v) is 8.56. The molecule has 164 valence electrons. The van der Waals surface area contributed by atoms with Crippen molar-refractivity contribution in [3.8, 4) is 16.9 Å². The number of methoxy groups -OCH3 is 1. The second-order valence-electron chi connectivity index (χ2n) is 7.22. The largest absolute Gasteiger partial charge is 0.598 e. The van der Waals surface area contributed by atoms with Crippen LogP contribution in [0.2, 0.25) is 0 Å². The van der Waals surface area contributed by atoms with E-state index in [0.717, 1.165) is 35.8 Å². The predicted molar refractivity (Wildman–Crippen MR) is 120 cm³/mol. The smallest absolute Gasteiger partial charge is 0.126 e. The van der Waals surface area contributed by atoms with Gasteiger partial charge in [0.1, 0.15) is 23.1 Å². The summed E-state index contributed by atoms with van der Waals surface area (Å²) in [6.45, 7) is 2.03. The Morgan fingerprint density at radius 1 is 1.10 bits per heavy atom. The van der Waals surface area contributed by atoms with Gasteiger partial charge in [-0.15, -0.1) is 4.72 Å². The van der Waals surface area contributed by atoms with E-state index in [-0.39, 0.29) is 6.42 Å². The minimum atomic E-state index is -1.30. The zero-order valence-corrected chi connectivity index (χ0v) is 18.4. The molecule has 0 amide bonds. The minimum Gasteiger partial charge on any atom is -0.598 e. The summed E-state index contributed by atoms with van der Waals surface area (Å²) in [4.78, 5) is 4.56. The van der Waals surface area contributed by atoms with Crippen molar-refractivity contribution in [1.29, 1.82) is 0 Å². The van der Waals surface area contributed by atoms with Crippen LogP contribution in [0.3, 0.4) is 0 Å². The zero-order valence-electron chi connectivity index (χ0n) is 17.6. The molecule has 0 bridgehead atoms. The van der Waals surface area contributed by atoms with Crippen LogP contribution in [0.1, 0.15) is 37.1 Å². The van der Waals surface area contributed by atoms with Crippen LogP contribution in [0.15, 0.2) is 60.8 Å². The Balaban J connectivity index is 1.97. The Kier molecular flexibility index (Phi) is 8.40. The summed E-state index contributed by atoms with van der Waals surface area (Å²) in [7, 11) is 1.61. The van der Waals surface area contributed by atoms with Crippen LogP contribution >= 0.6 is 0 Å². The maximum absolute atomic E-state index is 13.8. The summed E-state index contributed by atoms with van der Waals surface area (Å²) in [5.74, 6) is -0.0517. The fraction of sp³-hybridized carbons (Fsp3) is 0.292. The maximum Gasteiger partial charge on any atom is 0.126 e. The molecule has 1 aromatic heterocycles. The summed E-state index contributed by atoms with van der Waals surface area (Å²) in [5, 5.41) is 0. The van der Waals surface area contributed by atoms with E-state index < -0.39 is 29.0 Å². The number of unbranched alkanes of at least 4 members (excludes halogenated alkanes) is 1. The van der Waals surface area contributed by atoms with Gasteiger partial charge in [-0.3, -0.25) is 4.98 Å². The first-order valence-corrected chi connectivity index (χ1v) is 11.5. The Labute approximate surface area is 185 Å². The fourth-order valence-electron chi connectivity index (χ4n) is 3.36. The van der Waals surface area contributed by atoms with Gasteiger partial charge in [-0.25, -0.2) is 8.78 Å². The van der Waals surface area contributed by atoms with E-state index >= 15 is 0 Å².